The van der Waals surface area contributed by atoms with Crippen LogP contribution in [0.2, 0.25) is 0 Å². The Hall–Kier alpha value is -0.300. The van der Waals surface area contributed by atoms with Gasteiger partial charge >= 0.3 is 0 Å². The summed E-state index contributed by atoms with van der Waals surface area (Å²) in [6.07, 6.45) is 13.6. The molecule has 1 heteroatoms. The highest BCUT2D eigenvalue weighted by atomic mass is 16.3. The third-order valence-electron chi connectivity index (χ3n) is 4.73. The molecule has 13 heavy (non-hydrogen) atoms. The largest absolute Gasteiger partial charge is 0.393 e. The van der Waals surface area contributed by atoms with E-state index in [4.69, 9.17) is 0 Å². The Morgan fingerprint density at radius 1 is 1.00 bits per heavy atom. The predicted molar refractivity (Wildman–Crippen MR) is 52.3 cm³/mol. The van der Waals surface area contributed by atoms with Gasteiger partial charge in [0.2, 0.25) is 0 Å². The fourth-order valence-electron chi connectivity index (χ4n) is 3.88. The molecule has 0 aliphatic heterocycles. The van der Waals surface area contributed by atoms with Crippen molar-refractivity contribution in [2.24, 2.45) is 10.8 Å². The molecule has 0 saturated heterocycles. The van der Waals surface area contributed by atoms with Gasteiger partial charge in [0.25, 0.3) is 0 Å². The lowest BCUT2D eigenvalue weighted by molar-refractivity contribution is -0.0594. The quantitative estimate of drug-likeness (QED) is 0.565. The van der Waals surface area contributed by atoms with Crippen molar-refractivity contribution >= 4 is 0 Å². The highest BCUT2D eigenvalue weighted by Gasteiger charge is 2.57. The Balaban J connectivity index is 1.95. The monoisotopic (exact) mass is 178 g/mol. The summed E-state index contributed by atoms with van der Waals surface area (Å²) in [6, 6.07) is 0. The fourth-order valence-corrected chi connectivity index (χ4v) is 3.88. The smallest absolute Gasteiger partial charge is 0.0549 e. The minimum Gasteiger partial charge on any atom is -0.393 e. The number of aliphatic hydroxyl groups excluding tert-OH is 1. The van der Waals surface area contributed by atoms with Crippen molar-refractivity contribution in [1.29, 1.82) is 0 Å². The molecule has 0 aromatic carbocycles. The van der Waals surface area contributed by atoms with Crippen LogP contribution < -0.4 is 0 Å². The summed E-state index contributed by atoms with van der Waals surface area (Å²) in [5, 5.41) is 9.73. The van der Waals surface area contributed by atoms with Gasteiger partial charge in [0.05, 0.1) is 6.10 Å². The van der Waals surface area contributed by atoms with Crippen LogP contribution in [0.1, 0.15) is 44.9 Å². The van der Waals surface area contributed by atoms with Crippen LogP contribution in [0, 0.1) is 10.8 Å². The average molecular weight is 178 g/mol. The number of aliphatic hydroxyl groups is 1. The first-order valence-corrected chi connectivity index (χ1v) is 5.65. The minimum absolute atomic E-state index is 0.0174. The molecular weight excluding hydrogens is 160 g/mol. The second kappa shape index (κ2) is 2.38. The molecule has 72 valence electrons. The highest BCUT2D eigenvalue weighted by molar-refractivity contribution is 5.29. The van der Waals surface area contributed by atoms with E-state index in [2.05, 4.69) is 12.2 Å². The highest BCUT2D eigenvalue weighted by Crippen LogP contribution is 2.65. The number of hydrogen-bond donors (Lipinski definition) is 1. The summed E-state index contributed by atoms with van der Waals surface area (Å²) in [7, 11) is 0. The molecule has 2 saturated carbocycles. The lowest BCUT2D eigenvalue weighted by Gasteiger charge is -2.61. The van der Waals surface area contributed by atoms with Crippen molar-refractivity contribution in [1.82, 2.24) is 0 Å². The first-order valence-electron chi connectivity index (χ1n) is 5.65. The van der Waals surface area contributed by atoms with E-state index in [0.717, 1.165) is 12.8 Å². The third kappa shape index (κ3) is 0.864. The summed E-state index contributed by atoms with van der Waals surface area (Å²) < 4.78 is 0. The molecule has 3 aliphatic rings. The van der Waals surface area contributed by atoms with Gasteiger partial charge in [-0.05, 0) is 42.9 Å². The van der Waals surface area contributed by atoms with E-state index in [0.29, 0.717) is 10.8 Å². The van der Waals surface area contributed by atoms with Gasteiger partial charge in [0.15, 0.2) is 0 Å². The average Bonchev–Trinajstić information content (AvgIpc) is 2.11. The van der Waals surface area contributed by atoms with Crippen LogP contribution in [0.25, 0.3) is 0 Å². The molecular formula is C12H18O. The zero-order valence-electron chi connectivity index (χ0n) is 8.13. The van der Waals surface area contributed by atoms with Crippen LogP contribution in [-0.2, 0) is 0 Å². The second-order valence-electron chi connectivity index (χ2n) is 5.25. The molecule has 2 fully saturated rings. The van der Waals surface area contributed by atoms with Gasteiger partial charge in [-0.2, -0.15) is 0 Å². The van der Waals surface area contributed by atoms with Gasteiger partial charge in [-0.1, -0.05) is 25.0 Å². The maximum absolute atomic E-state index is 9.73. The van der Waals surface area contributed by atoms with Crippen molar-refractivity contribution in [2.45, 2.75) is 51.0 Å². The van der Waals surface area contributed by atoms with E-state index < -0.39 is 0 Å². The van der Waals surface area contributed by atoms with Gasteiger partial charge in [0.1, 0.15) is 0 Å². The third-order valence-corrected chi connectivity index (χ3v) is 4.73. The van der Waals surface area contributed by atoms with Crippen molar-refractivity contribution in [3.8, 4) is 0 Å². The Morgan fingerprint density at radius 2 is 1.69 bits per heavy atom. The van der Waals surface area contributed by atoms with Crippen molar-refractivity contribution in [3.05, 3.63) is 12.2 Å². The molecule has 0 spiro atoms. The maximum Gasteiger partial charge on any atom is 0.0549 e. The van der Waals surface area contributed by atoms with Gasteiger partial charge in [-0.3, -0.25) is 0 Å². The summed E-state index contributed by atoms with van der Waals surface area (Å²) in [5.74, 6) is 0. The number of allylic oxidation sites excluding steroid dienone is 2. The Kier molecular flexibility index (Phi) is 1.48. The van der Waals surface area contributed by atoms with E-state index in [1.54, 1.807) is 0 Å². The Bertz CT molecular complexity index is 258. The van der Waals surface area contributed by atoms with E-state index in [9.17, 15) is 5.11 Å². The molecule has 0 aromatic heterocycles. The first-order chi connectivity index (χ1) is 6.27. The SMILES string of the molecule is O[C@H]1CC[C@@]23C=C[C@]2(CCCC3)C1. The topological polar surface area (TPSA) is 20.2 Å². The van der Waals surface area contributed by atoms with Crippen LogP contribution in [0.15, 0.2) is 12.2 Å². The van der Waals surface area contributed by atoms with Gasteiger partial charge in [-0.15, -0.1) is 0 Å². The number of hydrogen-bond acceptors (Lipinski definition) is 1. The summed E-state index contributed by atoms with van der Waals surface area (Å²) in [5.41, 5.74) is 0.966. The van der Waals surface area contributed by atoms with Crippen molar-refractivity contribution < 1.29 is 5.11 Å². The van der Waals surface area contributed by atoms with Crippen LogP contribution in [-0.4, -0.2) is 11.2 Å². The molecule has 0 bridgehead atoms. The molecule has 3 atom stereocenters. The molecule has 3 rings (SSSR count). The van der Waals surface area contributed by atoms with E-state index in [1.807, 2.05) is 0 Å². The normalized spacial score (nSPS) is 53.5. The van der Waals surface area contributed by atoms with E-state index >= 15 is 0 Å². The van der Waals surface area contributed by atoms with E-state index in [1.165, 1.54) is 32.1 Å². The fraction of sp³-hybridized carbons (Fsp3) is 0.833. The lowest BCUT2D eigenvalue weighted by Crippen LogP contribution is -2.53. The van der Waals surface area contributed by atoms with Gasteiger partial charge in [0, 0.05) is 0 Å². The molecule has 0 heterocycles. The zero-order chi connectivity index (χ0) is 8.94. The second-order valence-corrected chi connectivity index (χ2v) is 5.25. The Morgan fingerprint density at radius 3 is 2.38 bits per heavy atom. The van der Waals surface area contributed by atoms with Crippen molar-refractivity contribution in [3.63, 3.8) is 0 Å². The molecule has 0 unspecified atom stereocenters. The van der Waals surface area contributed by atoms with Crippen molar-refractivity contribution in [2.75, 3.05) is 0 Å². The minimum atomic E-state index is -0.0174. The Labute approximate surface area is 79.8 Å². The molecule has 0 aromatic rings. The molecule has 0 amide bonds. The summed E-state index contributed by atoms with van der Waals surface area (Å²) in [6.45, 7) is 0. The van der Waals surface area contributed by atoms with Crippen LogP contribution in [0.3, 0.4) is 0 Å². The standard InChI is InChI=1S/C12H18O/c13-10-3-6-11-4-1-2-5-12(11,9-10)8-7-11/h7-8,10,13H,1-6,9H2/t10-,11-,12+/m0/s1. The molecule has 0 radical (unpaired) electrons. The van der Waals surface area contributed by atoms with Crippen LogP contribution >= 0.6 is 0 Å². The molecule has 3 aliphatic carbocycles. The van der Waals surface area contributed by atoms with E-state index in [-0.39, 0.29) is 6.10 Å². The van der Waals surface area contributed by atoms with Crippen LogP contribution in [0.5, 0.6) is 0 Å². The molecule has 1 N–H and O–H groups in total. The first kappa shape index (κ1) is 8.05. The maximum atomic E-state index is 9.73. The van der Waals surface area contributed by atoms with Gasteiger partial charge < -0.3 is 5.11 Å². The lowest BCUT2D eigenvalue weighted by atomic mass is 9.44. The summed E-state index contributed by atoms with van der Waals surface area (Å²) >= 11 is 0. The number of rotatable bonds is 0. The molecule has 1 nitrogen and oxygen atoms in total. The van der Waals surface area contributed by atoms with Gasteiger partial charge in [-0.25, -0.2) is 0 Å². The van der Waals surface area contributed by atoms with Crippen LogP contribution in [0.4, 0.5) is 0 Å². The summed E-state index contributed by atoms with van der Waals surface area (Å²) in [4.78, 5) is 0. The zero-order valence-corrected chi connectivity index (χ0v) is 8.13. The predicted octanol–water partition coefficient (Wildman–Crippen LogP) is 2.65.